The normalized spacial score (nSPS) is 12.4. The highest BCUT2D eigenvalue weighted by molar-refractivity contribution is 5.94. The van der Waals surface area contributed by atoms with Gasteiger partial charge in [0.05, 0.1) is 12.6 Å². The third kappa shape index (κ3) is 3.64. The van der Waals surface area contributed by atoms with Gasteiger partial charge in [0, 0.05) is 5.69 Å². The van der Waals surface area contributed by atoms with Gasteiger partial charge in [-0.05, 0) is 23.6 Å². The maximum Gasteiger partial charge on any atom is 0.241 e. The van der Waals surface area contributed by atoms with Crippen molar-refractivity contribution in [3.63, 3.8) is 0 Å². The van der Waals surface area contributed by atoms with Crippen molar-refractivity contribution in [2.45, 2.75) is 26.4 Å². The van der Waals surface area contributed by atoms with Crippen molar-refractivity contribution >= 4 is 11.6 Å². The lowest BCUT2D eigenvalue weighted by molar-refractivity contribution is -0.118. The molecule has 2 rings (SSSR count). The molecule has 0 aliphatic rings. The molecule has 6 nitrogen and oxygen atoms in total. The summed E-state index contributed by atoms with van der Waals surface area (Å²) in [6.07, 6.45) is 3.17. The van der Waals surface area contributed by atoms with Crippen LogP contribution in [-0.4, -0.2) is 26.7 Å². The van der Waals surface area contributed by atoms with Crippen molar-refractivity contribution in [3.05, 3.63) is 42.5 Å². The van der Waals surface area contributed by atoms with E-state index in [1.165, 1.54) is 6.33 Å². The molecule has 3 N–H and O–H groups in total. The van der Waals surface area contributed by atoms with E-state index >= 15 is 0 Å². The standard InChI is InChI=1S/C14H19N5O/c1-10(2)13(15)14(20)18-12-5-3-11(4-6-12)7-19-9-16-8-17-19/h3-6,8-10,13H,7,15H2,1-2H3,(H,18,20). The fraction of sp³-hybridized carbons (Fsp3) is 0.357. The van der Waals surface area contributed by atoms with Gasteiger partial charge in [-0.15, -0.1) is 0 Å². The zero-order valence-corrected chi connectivity index (χ0v) is 11.7. The first-order valence-electron chi connectivity index (χ1n) is 6.54. The Morgan fingerprint density at radius 2 is 2.05 bits per heavy atom. The molecule has 0 aliphatic heterocycles. The van der Waals surface area contributed by atoms with Crippen molar-refractivity contribution in [2.24, 2.45) is 11.7 Å². The summed E-state index contributed by atoms with van der Waals surface area (Å²) in [4.78, 5) is 15.7. The summed E-state index contributed by atoms with van der Waals surface area (Å²) in [6, 6.07) is 7.11. The van der Waals surface area contributed by atoms with Gasteiger partial charge in [-0.2, -0.15) is 5.10 Å². The molecule has 0 bridgehead atoms. The predicted octanol–water partition coefficient (Wildman–Crippen LogP) is 1.25. The molecule has 20 heavy (non-hydrogen) atoms. The first-order chi connectivity index (χ1) is 9.56. The monoisotopic (exact) mass is 273 g/mol. The fourth-order valence-electron chi connectivity index (χ4n) is 1.72. The average molecular weight is 273 g/mol. The van der Waals surface area contributed by atoms with Gasteiger partial charge in [-0.3, -0.25) is 4.79 Å². The number of hydrogen-bond donors (Lipinski definition) is 2. The quantitative estimate of drug-likeness (QED) is 0.858. The Balaban J connectivity index is 1.96. The van der Waals surface area contributed by atoms with Gasteiger partial charge in [0.15, 0.2) is 0 Å². The lowest BCUT2D eigenvalue weighted by atomic mass is 10.0. The van der Waals surface area contributed by atoms with E-state index in [4.69, 9.17) is 5.73 Å². The van der Waals surface area contributed by atoms with Crippen LogP contribution in [0, 0.1) is 5.92 Å². The number of anilines is 1. The minimum absolute atomic E-state index is 0.113. The van der Waals surface area contributed by atoms with E-state index in [9.17, 15) is 4.79 Å². The van der Waals surface area contributed by atoms with Gasteiger partial charge >= 0.3 is 0 Å². The first kappa shape index (κ1) is 14.2. The first-order valence-corrected chi connectivity index (χ1v) is 6.54. The number of amides is 1. The third-order valence-electron chi connectivity index (χ3n) is 3.05. The van der Waals surface area contributed by atoms with E-state index in [-0.39, 0.29) is 11.8 Å². The van der Waals surface area contributed by atoms with Crippen LogP contribution < -0.4 is 11.1 Å². The van der Waals surface area contributed by atoms with E-state index in [1.54, 1.807) is 11.0 Å². The van der Waals surface area contributed by atoms with Crippen LogP contribution >= 0.6 is 0 Å². The molecule has 1 amide bonds. The highest BCUT2D eigenvalue weighted by Crippen LogP contribution is 2.11. The molecule has 1 unspecified atom stereocenters. The van der Waals surface area contributed by atoms with Gasteiger partial charge in [0.25, 0.3) is 0 Å². The maximum absolute atomic E-state index is 11.8. The number of carbonyl (C=O) groups is 1. The molecule has 1 aromatic carbocycles. The Morgan fingerprint density at radius 3 is 2.60 bits per heavy atom. The van der Waals surface area contributed by atoms with Crippen LogP contribution in [-0.2, 0) is 11.3 Å². The molecule has 1 atom stereocenters. The molecule has 0 spiro atoms. The van der Waals surface area contributed by atoms with Crippen molar-refractivity contribution in [1.29, 1.82) is 0 Å². The van der Waals surface area contributed by atoms with Gasteiger partial charge in [0.1, 0.15) is 12.7 Å². The number of nitrogens with zero attached hydrogens (tertiary/aromatic N) is 3. The number of nitrogens with two attached hydrogens (primary N) is 1. The molecule has 1 heterocycles. The fourth-order valence-corrected chi connectivity index (χ4v) is 1.72. The van der Waals surface area contributed by atoms with Crippen molar-refractivity contribution in [2.75, 3.05) is 5.32 Å². The Hall–Kier alpha value is -2.21. The summed E-state index contributed by atoms with van der Waals surface area (Å²) in [5, 5.41) is 6.85. The molecule has 106 valence electrons. The van der Waals surface area contributed by atoms with E-state index < -0.39 is 6.04 Å². The largest absolute Gasteiger partial charge is 0.325 e. The lowest BCUT2D eigenvalue weighted by Gasteiger charge is -2.15. The number of hydrogen-bond acceptors (Lipinski definition) is 4. The zero-order chi connectivity index (χ0) is 14.5. The molecule has 0 fully saturated rings. The second kappa shape index (κ2) is 6.29. The second-order valence-corrected chi connectivity index (χ2v) is 5.05. The Morgan fingerprint density at radius 1 is 1.35 bits per heavy atom. The topological polar surface area (TPSA) is 85.8 Å². The van der Waals surface area contributed by atoms with Gasteiger partial charge < -0.3 is 11.1 Å². The molecule has 0 saturated carbocycles. The van der Waals surface area contributed by atoms with E-state index in [2.05, 4.69) is 15.4 Å². The second-order valence-electron chi connectivity index (χ2n) is 5.05. The molecule has 6 heteroatoms. The third-order valence-corrected chi connectivity index (χ3v) is 3.05. The van der Waals surface area contributed by atoms with Crippen molar-refractivity contribution in [3.8, 4) is 0 Å². The molecular weight excluding hydrogens is 254 g/mol. The molecule has 0 aliphatic carbocycles. The molecule has 2 aromatic rings. The Bertz CT molecular complexity index is 547. The summed E-state index contributed by atoms with van der Waals surface area (Å²) < 4.78 is 1.74. The van der Waals surface area contributed by atoms with Crippen molar-refractivity contribution < 1.29 is 4.79 Å². The van der Waals surface area contributed by atoms with E-state index in [0.29, 0.717) is 6.54 Å². The number of benzene rings is 1. The van der Waals surface area contributed by atoms with Crippen LogP contribution in [0.25, 0.3) is 0 Å². The van der Waals surface area contributed by atoms with Crippen LogP contribution in [0.1, 0.15) is 19.4 Å². The van der Waals surface area contributed by atoms with Crippen LogP contribution in [0.3, 0.4) is 0 Å². The van der Waals surface area contributed by atoms with Crippen LogP contribution in [0.2, 0.25) is 0 Å². The molecule has 1 aromatic heterocycles. The molecule has 0 saturated heterocycles. The minimum Gasteiger partial charge on any atom is -0.325 e. The molecule has 0 radical (unpaired) electrons. The highest BCUT2D eigenvalue weighted by atomic mass is 16.2. The number of rotatable bonds is 5. The Kier molecular flexibility index (Phi) is 4.47. The molecular formula is C14H19N5O. The number of nitrogens with one attached hydrogen (secondary N) is 1. The summed E-state index contributed by atoms with van der Waals surface area (Å²) in [5.74, 6) is -0.0504. The minimum atomic E-state index is -0.496. The number of aromatic nitrogens is 3. The SMILES string of the molecule is CC(C)C(N)C(=O)Nc1ccc(Cn2cncn2)cc1. The smallest absolute Gasteiger partial charge is 0.241 e. The summed E-state index contributed by atoms with van der Waals surface area (Å²) in [7, 11) is 0. The average Bonchev–Trinajstić information content (AvgIpc) is 2.92. The summed E-state index contributed by atoms with van der Waals surface area (Å²) in [5.41, 5.74) is 7.63. The van der Waals surface area contributed by atoms with Crippen LogP contribution in [0.15, 0.2) is 36.9 Å². The van der Waals surface area contributed by atoms with E-state index in [1.807, 2.05) is 38.1 Å². The summed E-state index contributed by atoms with van der Waals surface area (Å²) >= 11 is 0. The maximum atomic E-state index is 11.8. The van der Waals surface area contributed by atoms with Gasteiger partial charge in [0.2, 0.25) is 5.91 Å². The number of carbonyl (C=O) groups excluding carboxylic acids is 1. The summed E-state index contributed by atoms with van der Waals surface area (Å²) in [6.45, 7) is 4.50. The highest BCUT2D eigenvalue weighted by Gasteiger charge is 2.16. The van der Waals surface area contributed by atoms with E-state index in [0.717, 1.165) is 11.3 Å². The van der Waals surface area contributed by atoms with Crippen LogP contribution in [0.4, 0.5) is 5.69 Å². The predicted molar refractivity (Wildman–Crippen MR) is 77.0 cm³/mol. The van der Waals surface area contributed by atoms with Crippen LogP contribution in [0.5, 0.6) is 0 Å². The van der Waals surface area contributed by atoms with Crippen molar-refractivity contribution in [1.82, 2.24) is 14.8 Å². The zero-order valence-electron chi connectivity index (χ0n) is 11.7. The lowest BCUT2D eigenvalue weighted by Crippen LogP contribution is -2.39. The Labute approximate surface area is 118 Å². The van der Waals surface area contributed by atoms with Gasteiger partial charge in [-0.1, -0.05) is 26.0 Å². The van der Waals surface area contributed by atoms with Gasteiger partial charge in [-0.25, -0.2) is 9.67 Å².